The highest BCUT2D eigenvalue weighted by Gasteiger charge is 2.28. The van der Waals surface area contributed by atoms with Crippen LogP contribution < -0.4 is 5.73 Å². The predicted octanol–water partition coefficient (Wildman–Crippen LogP) is 2.94. The molecule has 0 bridgehead atoms. The lowest BCUT2D eigenvalue weighted by Gasteiger charge is -2.28. The van der Waals surface area contributed by atoms with Crippen LogP contribution in [0.2, 0.25) is 0 Å². The highest BCUT2D eigenvalue weighted by atomic mass is 32.2. The van der Waals surface area contributed by atoms with E-state index in [0.29, 0.717) is 12.2 Å². The molecule has 0 spiro atoms. The Bertz CT molecular complexity index is 555. The topological polar surface area (TPSA) is 63.4 Å². The molecule has 0 amide bonds. The third-order valence-corrected chi connectivity index (χ3v) is 5.43. The van der Waals surface area contributed by atoms with Crippen molar-refractivity contribution in [1.82, 2.24) is 4.31 Å². The van der Waals surface area contributed by atoms with Gasteiger partial charge in [0, 0.05) is 18.3 Å². The molecule has 1 aromatic rings. The molecule has 0 aliphatic carbocycles. The van der Waals surface area contributed by atoms with Crippen LogP contribution in [0.25, 0.3) is 0 Å². The summed E-state index contributed by atoms with van der Waals surface area (Å²) < 4.78 is 27.1. The fraction of sp³-hybridized carbons (Fsp3) is 0.600. The third kappa shape index (κ3) is 3.52. The largest absolute Gasteiger partial charge is 0.398 e. The Kier molecular flexibility index (Phi) is 5.21. The molecule has 0 fully saturated rings. The zero-order chi connectivity index (χ0) is 15.7. The number of aryl methyl sites for hydroxylation is 1. The zero-order valence-electron chi connectivity index (χ0n) is 13.3. The van der Waals surface area contributed by atoms with Gasteiger partial charge in [0.05, 0.1) is 4.90 Å². The molecular formula is C15H26N2O2S. The van der Waals surface area contributed by atoms with Crippen LogP contribution in [0.4, 0.5) is 5.69 Å². The van der Waals surface area contributed by atoms with E-state index < -0.39 is 10.0 Å². The maximum absolute atomic E-state index is 12.8. The van der Waals surface area contributed by atoms with Crippen LogP contribution in [0, 0.1) is 19.8 Å². The van der Waals surface area contributed by atoms with Crippen LogP contribution in [-0.2, 0) is 10.0 Å². The first-order valence-corrected chi connectivity index (χ1v) is 8.40. The van der Waals surface area contributed by atoms with Crippen molar-refractivity contribution in [3.63, 3.8) is 0 Å². The van der Waals surface area contributed by atoms with Crippen LogP contribution in [-0.4, -0.2) is 25.3 Å². The Morgan fingerprint density at radius 2 is 1.70 bits per heavy atom. The van der Waals surface area contributed by atoms with Gasteiger partial charge in [-0.15, -0.1) is 0 Å². The maximum Gasteiger partial charge on any atom is 0.243 e. The summed E-state index contributed by atoms with van der Waals surface area (Å²) in [6.07, 6.45) is 0. The van der Waals surface area contributed by atoms with Crippen molar-refractivity contribution in [2.45, 2.75) is 52.5 Å². The van der Waals surface area contributed by atoms with Gasteiger partial charge in [0.25, 0.3) is 0 Å². The highest BCUT2D eigenvalue weighted by Crippen LogP contribution is 2.25. The Morgan fingerprint density at radius 3 is 2.10 bits per heavy atom. The lowest BCUT2D eigenvalue weighted by molar-refractivity contribution is 0.319. The Hall–Kier alpha value is -1.07. The highest BCUT2D eigenvalue weighted by molar-refractivity contribution is 7.89. The SMILES string of the molecule is Cc1cc(S(=O)(=O)N(CC(C)C)C(C)C)cc(N)c1C. The second-order valence-corrected chi connectivity index (χ2v) is 7.91. The number of benzene rings is 1. The van der Waals surface area contributed by atoms with Crippen LogP contribution >= 0.6 is 0 Å². The number of hydrogen-bond acceptors (Lipinski definition) is 3. The normalized spacial score (nSPS) is 12.7. The summed E-state index contributed by atoms with van der Waals surface area (Å²) in [6, 6.07) is 3.19. The van der Waals surface area contributed by atoms with Crippen molar-refractivity contribution in [3.8, 4) is 0 Å². The van der Waals surface area contributed by atoms with Crippen molar-refractivity contribution in [3.05, 3.63) is 23.3 Å². The molecule has 0 heterocycles. The molecule has 0 aliphatic rings. The Labute approximate surface area is 123 Å². The van der Waals surface area contributed by atoms with E-state index in [9.17, 15) is 8.42 Å². The van der Waals surface area contributed by atoms with E-state index in [4.69, 9.17) is 5.73 Å². The molecule has 1 rings (SSSR count). The van der Waals surface area contributed by atoms with Gasteiger partial charge in [-0.1, -0.05) is 13.8 Å². The average molecular weight is 298 g/mol. The van der Waals surface area contributed by atoms with Crippen molar-refractivity contribution < 1.29 is 8.42 Å². The van der Waals surface area contributed by atoms with E-state index in [2.05, 4.69) is 0 Å². The minimum absolute atomic E-state index is 0.0785. The van der Waals surface area contributed by atoms with Gasteiger partial charge in [0.2, 0.25) is 10.0 Å². The summed E-state index contributed by atoms with van der Waals surface area (Å²) in [5.41, 5.74) is 8.27. The second-order valence-electron chi connectivity index (χ2n) is 6.02. The summed E-state index contributed by atoms with van der Waals surface area (Å²) in [5, 5.41) is 0. The first kappa shape index (κ1) is 17.0. The molecule has 4 nitrogen and oxygen atoms in total. The van der Waals surface area contributed by atoms with E-state index in [1.807, 2.05) is 41.5 Å². The van der Waals surface area contributed by atoms with Crippen molar-refractivity contribution in [1.29, 1.82) is 0 Å². The van der Waals surface area contributed by atoms with E-state index in [-0.39, 0.29) is 16.9 Å². The minimum atomic E-state index is -3.50. The molecule has 114 valence electrons. The zero-order valence-corrected chi connectivity index (χ0v) is 14.1. The summed E-state index contributed by atoms with van der Waals surface area (Å²) in [4.78, 5) is 0.285. The second kappa shape index (κ2) is 6.14. The molecule has 0 unspecified atom stereocenters. The Balaban J connectivity index is 3.33. The third-order valence-electron chi connectivity index (χ3n) is 3.41. The number of sulfonamides is 1. The smallest absolute Gasteiger partial charge is 0.243 e. The first-order valence-electron chi connectivity index (χ1n) is 6.96. The van der Waals surface area contributed by atoms with Crippen LogP contribution in [0.1, 0.15) is 38.8 Å². The average Bonchev–Trinajstić information content (AvgIpc) is 2.31. The fourth-order valence-electron chi connectivity index (χ4n) is 2.08. The van der Waals surface area contributed by atoms with Crippen molar-refractivity contribution in [2.75, 3.05) is 12.3 Å². The van der Waals surface area contributed by atoms with Gasteiger partial charge in [-0.3, -0.25) is 0 Å². The number of anilines is 1. The lowest BCUT2D eigenvalue weighted by atomic mass is 10.1. The molecule has 0 saturated heterocycles. The molecule has 0 aromatic heterocycles. The predicted molar refractivity (Wildman–Crippen MR) is 84.2 cm³/mol. The molecule has 0 aliphatic heterocycles. The van der Waals surface area contributed by atoms with Crippen LogP contribution in [0.15, 0.2) is 17.0 Å². The molecule has 5 heteroatoms. The number of rotatable bonds is 5. The van der Waals surface area contributed by atoms with Gasteiger partial charge in [0.15, 0.2) is 0 Å². The first-order chi connectivity index (χ1) is 9.07. The van der Waals surface area contributed by atoms with Gasteiger partial charge in [0.1, 0.15) is 0 Å². The number of nitrogens with zero attached hydrogens (tertiary/aromatic N) is 1. The van der Waals surface area contributed by atoms with E-state index in [0.717, 1.165) is 11.1 Å². The van der Waals surface area contributed by atoms with Gasteiger partial charge >= 0.3 is 0 Å². The van der Waals surface area contributed by atoms with E-state index in [1.165, 1.54) is 0 Å². The molecule has 1 aromatic carbocycles. The quantitative estimate of drug-likeness (QED) is 0.850. The van der Waals surface area contributed by atoms with Crippen molar-refractivity contribution in [2.24, 2.45) is 5.92 Å². The maximum atomic E-state index is 12.8. The van der Waals surface area contributed by atoms with Gasteiger partial charge < -0.3 is 5.73 Å². The number of nitrogen functional groups attached to an aromatic ring is 1. The summed E-state index contributed by atoms with van der Waals surface area (Å²) in [5.74, 6) is 0.274. The van der Waals surface area contributed by atoms with Crippen LogP contribution in [0.5, 0.6) is 0 Å². The standard InChI is InChI=1S/C15H26N2O2S/c1-10(2)9-17(11(3)4)20(18,19)14-7-12(5)13(6)15(16)8-14/h7-8,10-11H,9,16H2,1-6H3. The summed E-state index contributed by atoms with van der Waals surface area (Å²) >= 11 is 0. The number of nitrogens with two attached hydrogens (primary N) is 1. The molecule has 2 N–H and O–H groups in total. The van der Waals surface area contributed by atoms with Crippen molar-refractivity contribution >= 4 is 15.7 Å². The fourth-order valence-corrected chi connectivity index (χ4v) is 4.01. The van der Waals surface area contributed by atoms with Gasteiger partial charge in [-0.05, 0) is 56.9 Å². The van der Waals surface area contributed by atoms with E-state index in [1.54, 1.807) is 16.4 Å². The lowest BCUT2D eigenvalue weighted by Crippen LogP contribution is -2.39. The van der Waals surface area contributed by atoms with Gasteiger partial charge in [-0.25, -0.2) is 8.42 Å². The number of hydrogen-bond donors (Lipinski definition) is 1. The summed E-state index contributed by atoms with van der Waals surface area (Å²) in [6.45, 7) is 12.1. The van der Waals surface area contributed by atoms with E-state index >= 15 is 0 Å². The van der Waals surface area contributed by atoms with Crippen LogP contribution in [0.3, 0.4) is 0 Å². The summed E-state index contributed by atoms with van der Waals surface area (Å²) in [7, 11) is -3.50. The molecule has 0 atom stereocenters. The molecular weight excluding hydrogens is 272 g/mol. The minimum Gasteiger partial charge on any atom is -0.398 e. The molecule has 0 saturated carbocycles. The molecule has 20 heavy (non-hydrogen) atoms. The van der Waals surface area contributed by atoms with Gasteiger partial charge in [-0.2, -0.15) is 4.31 Å². The Morgan fingerprint density at radius 1 is 1.15 bits per heavy atom. The molecule has 0 radical (unpaired) electrons. The monoisotopic (exact) mass is 298 g/mol.